The fraction of sp³-hybridized carbons (Fsp3) is 0.750. The average molecular weight is 777 g/mol. The highest BCUT2D eigenvalue weighted by molar-refractivity contribution is 5.88. The van der Waals surface area contributed by atoms with Gasteiger partial charge in [0.1, 0.15) is 23.3 Å². The van der Waals surface area contributed by atoms with Crippen molar-refractivity contribution >= 4 is 48.1 Å². The summed E-state index contributed by atoms with van der Waals surface area (Å²) in [4.78, 5) is 95.7. The van der Waals surface area contributed by atoms with Crippen LogP contribution in [-0.4, -0.2) is 118 Å². The molecule has 0 aliphatic heterocycles. The Hall–Kier alpha value is -5.44. The van der Waals surface area contributed by atoms with E-state index in [9.17, 15) is 38.4 Å². The fourth-order valence-electron chi connectivity index (χ4n) is 3.72. The molecule has 0 bridgehead atoms. The number of urea groups is 4. The van der Waals surface area contributed by atoms with Crippen molar-refractivity contribution in [3.05, 3.63) is 0 Å². The number of ether oxygens (including phenoxy) is 2. The topological polar surface area (TPSA) is 292 Å². The zero-order valence-electron chi connectivity index (χ0n) is 34.5. The molecule has 0 saturated carbocycles. The van der Waals surface area contributed by atoms with Crippen LogP contribution in [0.5, 0.6) is 0 Å². The second kappa shape index (κ2) is 21.9. The molecule has 0 aromatic heterocycles. The Morgan fingerprint density at radius 2 is 0.741 bits per heavy atom. The molecule has 22 nitrogen and oxygen atoms in total. The van der Waals surface area contributed by atoms with Crippen LogP contribution in [0.3, 0.4) is 0 Å². The third-order valence-electron chi connectivity index (χ3n) is 6.33. The minimum absolute atomic E-state index is 0.225. The number of primary amides is 2. The van der Waals surface area contributed by atoms with Crippen molar-refractivity contribution in [2.24, 2.45) is 23.3 Å². The van der Waals surface area contributed by atoms with Crippen LogP contribution in [0.25, 0.3) is 0 Å². The summed E-state index contributed by atoms with van der Waals surface area (Å²) in [5.41, 5.74) is 18.3. The van der Waals surface area contributed by atoms with Gasteiger partial charge in [0.05, 0.1) is 0 Å². The Bertz CT molecular complexity index is 1210. The van der Waals surface area contributed by atoms with Gasteiger partial charge in [-0.1, -0.05) is 27.7 Å². The quantitative estimate of drug-likeness (QED) is 0.165. The van der Waals surface area contributed by atoms with Gasteiger partial charge in [0.25, 0.3) is 0 Å². The Labute approximate surface area is 317 Å². The molecule has 312 valence electrons. The van der Waals surface area contributed by atoms with Crippen LogP contribution in [-0.2, 0) is 19.1 Å². The normalized spacial score (nSPS) is 12.2. The Balaban J connectivity index is 0. The molecule has 0 aromatic carbocycles. The first-order chi connectivity index (χ1) is 24.3. The fourth-order valence-corrected chi connectivity index (χ4v) is 3.72. The van der Waals surface area contributed by atoms with Gasteiger partial charge in [0.15, 0.2) is 0 Å². The summed E-state index contributed by atoms with van der Waals surface area (Å²) in [5.74, 6) is -1.82. The first-order valence-electron chi connectivity index (χ1n) is 17.2. The van der Waals surface area contributed by atoms with Crippen LogP contribution < -0.4 is 43.8 Å². The van der Waals surface area contributed by atoms with E-state index in [-0.39, 0.29) is 11.8 Å². The summed E-state index contributed by atoms with van der Waals surface area (Å²) in [6.07, 6.45) is -1.63. The average Bonchev–Trinajstić information content (AvgIpc) is 2.97. The van der Waals surface area contributed by atoms with Crippen LogP contribution >= 0.6 is 0 Å². The van der Waals surface area contributed by atoms with E-state index in [2.05, 4.69) is 32.3 Å². The van der Waals surface area contributed by atoms with Gasteiger partial charge >= 0.3 is 36.3 Å². The van der Waals surface area contributed by atoms with Crippen molar-refractivity contribution in [3.8, 4) is 0 Å². The molecule has 0 fully saturated rings. The smallest absolute Gasteiger partial charge is 0.426 e. The SMILES string of the molecule is CC(C)[C@H](NC(=O)N(C)NC(=O)N(NC(=O)OC(C)(C)C)C(C)C)C(N)=O.CC(C)[C@H](NC(=O)N(C)NC(=O)N(NC(=O)OC(C)(C)C)C(C)C)C(N)=O. The van der Waals surface area contributed by atoms with E-state index in [1.54, 1.807) is 96.9 Å². The van der Waals surface area contributed by atoms with Gasteiger partial charge in [-0.2, -0.15) is 0 Å². The molecule has 0 aromatic rings. The van der Waals surface area contributed by atoms with Crippen molar-refractivity contribution in [1.29, 1.82) is 0 Å². The molecular weight excluding hydrogens is 712 g/mol. The lowest BCUT2D eigenvalue weighted by Gasteiger charge is -2.31. The zero-order valence-corrected chi connectivity index (χ0v) is 34.5. The summed E-state index contributed by atoms with van der Waals surface area (Å²) in [6.45, 7) is 23.7. The van der Waals surface area contributed by atoms with E-state index in [0.717, 1.165) is 20.0 Å². The van der Waals surface area contributed by atoms with E-state index in [1.807, 2.05) is 0 Å². The van der Waals surface area contributed by atoms with Crippen LogP contribution in [0.15, 0.2) is 0 Å². The van der Waals surface area contributed by atoms with Gasteiger partial charge in [0.2, 0.25) is 11.8 Å². The number of nitrogens with two attached hydrogens (primary N) is 2. The highest BCUT2D eigenvalue weighted by Gasteiger charge is 2.29. The van der Waals surface area contributed by atoms with Gasteiger partial charge in [0, 0.05) is 26.2 Å². The zero-order chi connectivity index (χ0) is 43.0. The molecule has 0 radical (unpaired) electrons. The predicted octanol–water partition coefficient (Wildman–Crippen LogP) is 1.82. The molecule has 0 saturated heterocycles. The summed E-state index contributed by atoms with van der Waals surface area (Å²) in [7, 11) is 2.58. The summed E-state index contributed by atoms with van der Waals surface area (Å²) >= 11 is 0. The summed E-state index contributed by atoms with van der Waals surface area (Å²) in [6, 6.07) is -5.65. The number of amides is 12. The van der Waals surface area contributed by atoms with Gasteiger partial charge in [-0.05, 0) is 81.1 Å². The van der Waals surface area contributed by atoms with Crippen molar-refractivity contribution in [3.63, 3.8) is 0 Å². The standard InChI is InChI=1S/2C16H32N6O5/c2*1-9(2)11(12(17)23)18-13(24)21(8)19-14(25)22(10(3)4)20-15(26)27-16(5,6)7/h2*9-11H,1-8H3,(H2,17,23)(H,18,24)(H,19,25)(H,20,26)/t2*11-/m00/s1. The number of nitrogens with zero attached hydrogens (tertiary/aromatic N) is 4. The second-order valence-electron chi connectivity index (χ2n) is 15.3. The first-order valence-corrected chi connectivity index (χ1v) is 17.2. The largest absolute Gasteiger partial charge is 0.443 e. The highest BCUT2D eigenvalue weighted by Crippen LogP contribution is 2.09. The minimum atomic E-state index is -0.891. The molecule has 2 atom stereocenters. The van der Waals surface area contributed by atoms with Gasteiger partial charge in [-0.3, -0.25) is 9.59 Å². The van der Waals surface area contributed by atoms with Gasteiger partial charge < -0.3 is 31.6 Å². The number of nitrogens with one attached hydrogen (secondary N) is 6. The molecular formula is C32H64N12O10. The van der Waals surface area contributed by atoms with Crippen molar-refractivity contribution < 1.29 is 47.8 Å². The molecule has 0 heterocycles. The lowest BCUT2D eigenvalue weighted by molar-refractivity contribution is -0.121. The maximum atomic E-state index is 12.4. The number of carbonyl (C=O) groups is 8. The first kappa shape index (κ1) is 50.7. The number of hydrazine groups is 4. The number of carbonyl (C=O) groups excluding carboxylic acids is 8. The van der Waals surface area contributed by atoms with Crippen LogP contribution in [0.4, 0.5) is 28.8 Å². The van der Waals surface area contributed by atoms with Crippen LogP contribution in [0, 0.1) is 11.8 Å². The summed E-state index contributed by atoms with van der Waals surface area (Å²) < 4.78 is 10.2. The van der Waals surface area contributed by atoms with Crippen molar-refractivity contribution in [2.45, 2.75) is 132 Å². The Morgan fingerprint density at radius 1 is 0.481 bits per heavy atom. The number of rotatable bonds is 8. The maximum Gasteiger partial charge on any atom is 0.426 e. The van der Waals surface area contributed by atoms with E-state index < -0.39 is 83.5 Å². The monoisotopic (exact) mass is 776 g/mol. The third kappa shape index (κ3) is 20.6. The molecule has 22 heteroatoms. The number of hydrogen-bond donors (Lipinski definition) is 8. The van der Waals surface area contributed by atoms with E-state index in [0.29, 0.717) is 0 Å². The van der Waals surface area contributed by atoms with E-state index in [1.165, 1.54) is 14.1 Å². The molecule has 0 spiro atoms. The van der Waals surface area contributed by atoms with Crippen molar-refractivity contribution in [2.75, 3.05) is 14.1 Å². The predicted molar refractivity (Wildman–Crippen MR) is 198 cm³/mol. The minimum Gasteiger partial charge on any atom is -0.443 e. The maximum absolute atomic E-state index is 12.4. The highest BCUT2D eigenvalue weighted by atomic mass is 16.6. The second-order valence-corrected chi connectivity index (χ2v) is 15.3. The van der Waals surface area contributed by atoms with E-state index >= 15 is 0 Å². The van der Waals surface area contributed by atoms with Crippen LogP contribution in [0.2, 0.25) is 0 Å². The molecule has 10 N–H and O–H groups in total. The van der Waals surface area contributed by atoms with Gasteiger partial charge in [-0.15, -0.1) is 0 Å². The lowest BCUT2D eigenvalue weighted by Crippen LogP contribution is -2.60. The lowest BCUT2D eigenvalue weighted by atomic mass is 10.0. The molecule has 0 unspecified atom stereocenters. The summed E-state index contributed by atoms with van der Waals surface area (Å²) in [5, 5.41) is 8.52. The Kier molecular flexibility index (Phi) is 20.6. The third-order valence-corrected chi connectivity index (χ3v) is 6.33. The molecule has 12 amide bonds. The number of hydrogen-bond acceptors (Lipinski definition) is 10. The molecule has 0 aliphatic carbocycles. The van der Waals surface area contributed by atoms with Gasteiger partial charge in [-0.25, -0.2) is 70.5 Å². The van der Waals surface area contributed by atoms with E-state index in [4.69, 9.17) is 20.9 Å². The van der Waals surface area contributed by atoms with Crippen molar-refractivity contribution in [1.82, 2.24) is 52.4 Å². The molecule has 0 aliphatic rings. The van der Waals surface area contributed by atoms with Crippen LogP contribution in [0.1, 0.15) is 96.9 Å². The Morgan fingerprint density at radius 3 is 0.926 bits per heavy atom. The molecule has 0 rings (SSSR count). The molecule has 54 heavy (non-hydrogen) atoms.